The third-order valence-electron chi connectivity index (χ3n) is 5.45. The van der Waals surface area contributed by atoms with Crippen molar-refractivity contribution in [3.05, 3.63) is 131 Å². The van der Waals surface area contributed by atoms with Crippen molar-refractivity contribution in [1.29, 1.82) is 0 Å². The van der Waals surface area contributed by atoms with E-state index >= 15 is 0 Å². The number of benzene rings is 4. The summed E-state index contributed by atoms with van der Waals surface area (Å²) in [5.41, 5.74) is 2.07. The molecule has 0 aliphatic heterocycles. The molecule has 0 aromatic heterocycles. The van der Waals surface area contributed by atoms with Crippen LogP contribution in [0.3, 0.4) is 0 Å². The van der Waals surface area contributed by atoms with Gasteiger partial charge in [-0.1, -0.05) is 72.9 Å². The van der Waals surface area contributed by atoms with Gasteiger partial charge in [0.2, 0.25) is 0 Å². The number of para-hydroxylation sites is 1. The summed E-state index contributed by atoms with van der Waals surface area (Å²) in [5, 5.41) is 19.0. The lowest BCUT2D eigenvalue weighted by molar-refractivity contribution is 0.0696. The molecule has 0 spiro atoms. The summed E-state index contributed by atoms with van der Waals surface area (Å²) in [5.74, 6) is -0.997. The average molecular weight is 498 g/mol. The molecule has 0 bridgehead atoms. The number of nitrogens with zero attached hydrogens (tertiary/aromatic N) is 1. The largest absolute Gasteiger partial charge is 0.478 e. The fraction of sp³-hybridized carbons (Fsp3) is 0.0690. The highest BCUT2D eigenvalue weighted by Gasteiger charge is 2.18. The van der Waals surface area contributed by atoms with E-state index in [1.165, 1.54) is 12.1 Å². The Morgan fingerprint density at radius 1 is 0.639 bits per heavy atom. The monoisotopic (exact) mass is 497 g/mol. The second-order valence-electron chi connectivity index (χ2n) is 8.12. The van der Waals surface area contributed by atoms with E-state index in [0.29, 0.717) is 29.4 Å². The van der Waals surface area contributed by atoms with E-state index in [9.17, 15) is 19.8 Å². The Bertz CT molecular complexity index is 1340. The molecule has 0 unspecified atom stereocenters. The molecule has 0 aliphatic rings. The predicted octanol–water partition coefficient (Wildman–Crippen LogP) is 6.25. The molecule has 0 saturated carbocycles. The molecule has 0 aliphatic carbocycles. The molecule has 180 valence electrons. The molecule has 36 heavy (non-hydrogen) atoms. The van der Waals surface area contributed by atoms with E-state index in [1.807, 2.05) is 89.8 Å². The van der Waals surface area contributed by atoms with Gasteiger partial charge < -0.3 is 19.8 Å². The van der Waals surface area contributed by atoms with E-state index in [0.717, 1.165) is 22.9 Å². The molecule has 0 radical (unpaired) electrons. The molecule has 7 heteroatoms. The van der Waals surface area contributed by atoms with Crippen molar-refractivity contribution in [3.8, 4) is 11.5 Å². The molecule has 4 rings (SSSR count). The van der Waals surface area contributed by atoms with E-state index in [1.54, 1.807) is 0 Å². The maximum Gasteiger partial charge on any atom is 0.335 e. The zero-order valence-electron chi connectivity index (χ0n) is 19.2. The second kappa shape index (κ2) is 11.3. The maximum atomic E-state index is 11.6. The molecule has 0 heterocycles. The summed E-state index contributed by atoms with van der Waals surface area (Å²) in [4.78, 5) is 25.5. The normalized spacial score (nSPS) is 10.4. The van der Waals surface area contributed by atoms with Crippen LogP contribution in [0.1, 0.15) is 37.4 Å². The molecule has 0 saturated heterocycles. The van der Waals surface area contributed by atoms with Crippen LogP contribution in [-0.2, 0) is 13.1 Å². The minimum absolute atomic E-state index is 0.130. The number of carbonyl (C=O) groups is 2. The first-order valence-corrected chi connectivity index (χ1v) is 11.6. The van der Waals surface area contributed by atoms with Crippen molar-refractivity contribution in [2.45, 2.75) is 13.1 Å². The lowest BCUT2D eigenvalue weighted by atomic mass is 10.0. The Hall–Kier alpha value is -4.49. The van der Waals surface area contributed by atoms with Crippen LogP contribution in [0.25, 0.3) is 0 Å². The van der Waals surface area contributed by atoms with Crippen LogP contribution in [0.15, 0.2) is 103 Å². The Kier molecular flexibility index (Phi) is 7.72. The summed E-state index contributed by atoms with van der Waals surface area (Å²) in [6, 6.07) is 30.8. The van der Waals surface area contributed by atoms with Gasteiger partial charge in [0.05, 0.1) is 11.1 Å². The number of rotatable bonds is 9. The fourth-order valence-corrected chi connectivity index (χ4v) is 3.94. The van der Waals surface area contributed by atoms with Gasteiger partial charge in [-0.2, -0.15) is 0 Å². The van der Waals surface area contributed by atoms with Gasteiger partial charge in [-0.05, 0) is 53.6 Å². The number of ether oxygens (including phenoxy) is 1. The highest BCUT2D eigenvalue weighted by atomic mass is 32.1. The standard InChI is InChI=1S/C29H23NO5S/c31-28(32)23-15-22(16-24(17-23)29(33)34)27(36)30(18-20-7-3-1-4-8-20)19-21-11-13-26(14-12-21)35-25-9-5-2-6-10-25/h1-17H,18-19H2,(H,31,32)(H,33,34). The fourth-order valence-electron chi connectivity index (χ4n) is 3.69. The van der Waals surface area contributed by atoms with Crippen molar-refractivity contribution in [3.63, 3.8) is 0 Å². The third-order valence-corrected chi connectivity index (χ3v) is 5.95. The second-order valence-corrected chi connectivity index (χ2v) is 8.50. The lowest BCUT2D eigenvalue weighted by Crippen LogP contribution is -2.29. The SMILES string of the molecule is O=C(O)c1cc(C(=O)O)cc(C(=S)N(Cc2ccccc2)Cc2ccc(Oc3ccccc3)cc2)c1. The predicted molar refractivity (Wildman–Crippen MR) is 141 cm³/mol. The van der Waals surface area contributed by atoms with Gasteiger partial charge in [-0.3, -0.25) is 0 Å². The number of thiocarbonyl (C=S) groups is 1. The minimum atomic E-state index is -1.22. The van der Waals surface area contributed by atoms with E-state index in [2.05, 4.69) is 0 Å². The molecular weight excluding hydrogens is 474 g/mol. The van der Waals surface area contributed by atoms with Crippen molar-refractivity contribution in [2.75, 3.05) is 0 Å². The summed E-state index contributed by atoms with van der Waals surface area (Å²) in [7, 11) is 0. The van der Waals surface area contributed by atoms with Crippen molar-refractivity contribution >= 4 is 29.1 Å². The van der Waals surface area contributed by atoms with Crippen LogP contribution in [-0.4, -0.2) is 32.0 Å². The maximum absolute atomic E-state index is 11.6. The van der Waals surface area contributed by atoms with Gasteiger partial charge in [0.15, 0.2) is 0 Å². The van der Waals surface area contributed by atoms with Gasteiger partial charge in [-0.25, -0.2) is 9.59 Å². The highest BCUT2D eigenvalue weighted by molar-refractivity contribution is 7.80. The van der Waals surface area contributed by atoms with E-state index in [4.69, 9.17) is 17.0 Å². The summed E-state index contributed by atoms with van der Waals surface area (Å²) in [6.45, 7) is 0.890. The first-order valence-electron chi connectivity index (χ1n) is 11.2. The van der Waals surface area contributed by atoms with Crippen LogP contribution in [0.4, 0.5) is 0 Å². The Labute approximate surface area is 214 Å². The molecule has 2 N–H and O–H groups in total. The van der Waals surface area contributed by atoms with Gasteiger partial charge >= 0.3 is 11.9 Å². The van der Waals surface area contributed by atoms with E-state index in [-0.39, 0.29) is 11.1 Å². The Morgan fingerprint density at radius 2 is 1.08 bits per heavy atom. The van der Waals surface area contributed by atoms with Crippen LogP contribution < -0.4 is 4.74 Å². The van der Waals surface area contributed by atoms with Gasteiger partial charge in [0.1, 0.15) is 16.5 Å². The Balaban J connectivity index is 1.61. The number of hydrogen-bond donors (Lipinski definition) is 2. The molecule has 4 aromatic carbocycles. The van der Waals surface area contributed by atoms with Gasteiger partial charge in [-0.15, -0.1) is 0 Å². The van der Waals surface area contributed by atoms with Crippen molar-refractivity contribution in [2.24, 2.45) is 0 Å². The van der Waals surface area contributed by atoms with Crippen molar-refractivity contribution < 1.29 is 24.5 Å². The number of aromatic carboxylic acids is 2. The van der Waals surface area contributed by atoms with Crippen LogP contribution in [0.5, 0.6) is 11.5 Å². The zero-order valence-corrected chi connectivity index (χ0v) is 20.0. The topological polar surface area (TPSA) is 87.1 Å². The summed E-state index contributed by atoms with van der Waals surface area (Å²) >= 11 is 5.76. The third kappa shape index (κ3) is 6.34. The van der Waals surface area contributed by atoms with Gasteiger partial charge in [0.25, 0.3) is 0 Å². The van der Waals surface area contributed by atoms with Crippen LogP contribution in [0, 0.1) is 0 Å². The Morgan fingerprint density at radius 3 is 1.61 bits per heavy atom. The number of carboxylic acids is 2. The molecule has 4 aromatic rings. The zero-order chi connectivity index (χ0) is 25.5. The number of hydrogen-bond acceptors (Lipinski definition) is 4. The molecule has 6 nitrogen and oxygen atoms in total. The minimum Gasteiger partial charge on any atom is -0.478 e. The lowest BCUT2D eigenvalue weighted by Gasteiger charge is -2.26. The first-order chi connectivity index (χ1) is 17.4. The van der Waals surface area contributed by atoms with E-state index < -0.39 is 11.9 Å². The average Bonchev–Trinajstić information content (AvgIpc) is 2.90. The summed E-state index contributed by atoms with van der Waals surface area (Å²) < 4.78 is 5.87. The molecular formula is C29H23NO5S. The smallest absolute Gasteiger partial charge is 0.335 e. The van der Waals surface area contributed by atoms with Crippen LogP contribution in [0.2, 0.25) is 0 Å². The molecule has 0 atom stereocenters. The number of carboxylic acid groups (broad SMARTS) is 2. The highest BCUT2D eigenvalue weighted by Crippen LogP contribution is 2.23. The van der Waals surface area contributed by atoms with Gasteiger partial charge in [0, 0.05) is 18.7 Å². The van der Waals surface area contributed by atoms with Crippen molar-refractivity contribution in [1.82, 2.24) is 4.90 Å². The quantitative estimate of drug-likeness (QED) is 0.264. The van der Waals surface area contributed by atoms with Crippen LogP contribution >= 0.6 is 12.2 Å². The molecule has 0 amide bonds. The molecule has 0 fully saturated rings. The first kappa shape index (κ1) is 24.6. The summed E-state index contributed by atoms with van der Waals surface area (Å²) in [6.07, 6.45) is 0.